The summed E-state index contributed by atoms with van der Waals surface area (Å²) in [6.45, 7) is 3.25. The summed E-state index contributed by atoms with van der Waals surface area (Å²) in [4.78, 5) is 54.2. The zero-order chi connectivity index (χ0) is 28.8. The number of nitrogens with zero attached hydrogens (tertiary/aromatic N) is 2. The minimum atomic E-state index is -1.91. The van der Waals surface area contributed by atoms with Gasteiger partial charge in [-0.1, -0.05) is 54.4 Å². The molecule has 1 N–H and O–H groups in total. The number of carbonyl (C=O) groups is 3. The molecule has 1 saturated heterocycles. The SMILES string of the molecule is Cc1cccc(C(=O)C2C(c3cccc([N+](=O)[O-])c3)N(C(=O)C3CCC3)C(C)(C(=O)O)C2c2ccc(F)cc2)c1. The molecule has 4 atom stereocenters. The fourth-order valence-electron chi connectivity index (χ4n) is 6.25. The summed E-state index contributed by atoms with van der Waals surface area (Å²) in [5, 5.41) is 22.5. The Balaban J connectivity index is 1.81. The highest BCUT2D eigenvalue weighted by Gasteiger charge is 2.65. The molecule has 1 heterocycles. The highest BCUT2D eigenvalue weighted by molar-refractivity contribution is 6.02. The van der Waals surface area contributed by atoms with Crippen LogP contribution in [0.25, 0.3) is 0 Å². The van der Waals surface area contributed by atoms with Crippen LogP contribution in [0.15, 0.2) is 72.8 Å². The molecule has 0 radical (unpaired) electrons. The molecule has 1 amide bonds. The zero-order valence-corrected chi connectivity index (χ0v) is 22.1. The number of carboxylic acids is 1. The first-order chi connectivity index (χ1) is 19.0. The summed E-state index contributed by atoms with van der Waals surface area (Å²) >= 11 is 0. The van der Waals surface area contributed by atoms with Crippen LogP contribution < -0.4 is 0 Å². The smallest absolute Gasteiger partial charge is 0.330 e. The molecule has 40 heavy (non-hydrogen) atoms. The van der Waals surface area contributed by atoms with Crippen molar-refractivity contribution in [3.05, 3.63) is 111 Å². The van der Waals surface area contributed by atoms with Gasteiger partial charge in [0.15, 0.2) is 5.78 Å². The summed E-state index contributed by atoms with van der Waals surface area (Å²) in [6.07, 6.45) is 2.00. The van der Waals surface area contributed by atoms with Crippen LogP contribution in [0.3, 0.4) is 0 Å². The van der Waals surface area contributed by atoms with E-state index >= 15 is 0 Å². The summed E-state index contributed by atoms with van der Waals surface area (Å²) < 4.78 is 14.0. The molecular weight excluding hydrogens is 515 g/mol. The Morgan fingerprint density at radius 2 is 1.68 bits per heavy atom. The molecule has 9 heteroatoms. The van der Waals surface area contributed by atoms with Crippen LogP contribution in [-0.4, -0.2) is 38.1 Å². The summed E-state index contributed by atoms with van der Waals surface area (Å²) in [6, 6.07) is 16.7. The maximum absolute atomic E-state index is 14.4. The van der Waals surface area contributed by atoms with Gasteiger partial charge in [0.05, 0.1) is 16.9 Å². The fraction of sp³-hybridized carbons (Fsp3) is 0.323. The van der Waals surface area contributed by atoms with Gasteiger partial charge >= 0.3 is 5.97 Å². The number of aliphatic carboxylic acids is 1. The number of halogens is 1. The number of ketones is 1. The molecule has 8 nitrogen and oxygen atoms in total. The molecule has 1 aliphatic heterocycles. The number of benzene rings is 3. The molecule has 5 rings (SSSR count). The van der Waals surface area contributed by atoms with Gasteiger partial charge in [-0.25, -0.2) is 9.18 Å². The third-order valence-electron chi connectivity index (χ3n) is 8.47. The Morgan fingerprint density at radius 1 is 1.00 bits per heavy atom. The molecule has 0 spiro atoms. The van der Waals surface area contributed by atoms with Crippen LogP contribution in [-0.2, 0) is 9.59 Å². The Hall–Kier alpha value is -4.40. The monoisotopic (exact) mass is 544 g/mol. The van der Waals surface area contributed by atoms with Crippen molar-refractivity contribution >= 4 is 23.3 Å². The van der Waals surface area contributed by atoms with E-state index in [1.54, 1.807) is 24.3 Å². The molecule has 0 aromatic heterocycles. The predicted molar refractivity (Wildman–Crippen MR) is 144 cm³/mol. The molecule has 206 valence electrons. The van der Waals surface area contributed by atoms with Crippen molar-refractivity contribution < 1.29 is 28.8 Å². The number of rotatable bonds is 7. The van der Waals surface area contributed by atoms with Crippen LogP contribution in [0.4, 0.5) is 10.1 Å². The second-order valence-electron chi connectivity index (χ2n) is 10.9. The topological polar surface area (TPSA) is 118 Å². The maximum Gasteiger partial charge on any atom is 0.330 e. The first-order valence-electron chi connectivity index (χ1n) is 13.2. The van der Waals surface area contributed by atoms with Gasteiger partial charge < -0.3 is 10.0 Å². The number of nitro benzene ring substituents is 1. The zero-order valence-electron chi connectivity index (χ0n) is 22.1. The first-order valence-corrected chi connectivity index (χ1v) is 13.2. The number of aryl methyl sites for hydroxylation is 1. The molecule has 3 aromatic carbocycles. The van der Waals surface area contributed by atoms with Crippen molar-refractivity contribution in [3.8, 4) is 0 Å². The number of carboxylic acid groups (broad SMARTS) is 1. The lowest BCUT2D eigenvalue weighted by atomic mass is 9.71. The number of hydrogen-bond donors (Lipinski definition) is 1. The van der Waals surface area contributed by atoms with E-state index in [9.17, 15) is 34.0 Å². The van der Waals surface area contributed by atoms with Gasteiger partial charge in [0.1, 0.15) is 11.4 Å². The van der Waals surface area contributed by atoms with Gasteiger partial charge in [0.2, 0.25) is 5.91 Å². The Bertz CT molecular complexity index is 1500. The number of amides is 1. The fourth-order valence-corrected chi connectivity index (χ4v) is 6.25. The molecule has 0 bridgehead atoms. The quantitative estimate of drug-likeness (QED) is 0.226. The minimum absolute atomic E-state index is 0.238. The lowest BCUT2D eigenvalue weighted by Crippen LogP contribution is -2.56. The molecule has 3 aromatic rings. The van der Waals surface area contributed by atoms with E-state index in [1.807, 2.05) is 13.0 Å². The third kappa shape index (κ3) is 4.45. The highest BCUT2D eigenvalue weighted by Crippen LogP contribution is 2.57. The van der Waals surface area contributed by atoms with Gasteiger partial charge in [-0.3, -0.25) is 19.7 Å². The van der Waals surface area contributed by atoms with E-state index < -0.39 is 57.7 Å². The Kier molecular flexibility index (Phi) is 6.99. The predicted octanol–water partition coefficient (Wildman–Crippen LogP) is 5.85. The molecular formula is C31H29FN2O6. The van der Waals surface area contributed by atoms with E-state index in [0.717, 1.165) is 12.0 Å². The molecule has 4 unspecified atom stereocenters. The van der Waals surface area contributed by atoms with Crippen LogP contribution in [0.2, 0.25) is 0 Å². The number of hydrogen-bond acceptors (Lipinski definition) is 5. The van der Waals surface area contributed by atoms with Crippen molar-refractivity contribution in [1.82, 2.24) is 4.90 Å². The van der Waals surface area contributed by atoms with Crippen LogP contribution in [0, 0.1) is 34.7 Å². The normalized spacial score (nSPS) is 24.4. The molecule has 2 aliphatic rings. The van der Waals surface area contributed by atoms with Gasteiger partial charge in [0.25, 0.3) is 5.69 Å². The summed E-state index contributed by atoms with van der Waals surface area (Å²) in [7, 11) is 0. The number of nitro groups is 1. The number of Topliss-reactive ketones (excluding diaryl/α,β-unsaturated/α-hetero) is 1. The molecule has 1 aliphatic carbocycles. The highest BCUT2D eigenvalue weighted by atomic mass is 19.1. The first kappa shape index (κ1) is 27.2. The van der Waals surface area contributed by atoms with E-state index in [-0.39, 0.29) is 5.69 Å². The van der Waals surface area contributed by atoms with E-state index in [0.29, 0.717) is 29.5 Å². The van der Waals surface area contributed by atoms with Crippen LogP contribution in [0.5, 0.6) is 0 Å². The lowest BCUT2D eigenvalue weighted by Gasteiger charge is -2.41. The largest absolute Gasteiger partial charge is 0.479 e. The van der Waals surface area contributed by atoms with Crippen LogP contribution >= 0.6 is 0 Å². The van der Waals surface area contributed by atoms with Gasteiger partial charge in [-0.2, -0.15) is 0 Å². The van der Waals surface area contributed by atoms with Crippen molar-refractivity contribution in [2.45, 2.75) is 50.6 Å². The standard InChI is InChI=1S/C31H29FN2O6/c1-18-6-3-10-22(16-18)28(35)25-26(19-12-14-23(32)15-13-19)31(2,30(37)38)33(29(36)20-7-4-8-20)27(25)21-9-5-11-24(17-21)34(39)40/h3,5-6,9-17,20,25-27H,4,7-8H2,1-2H3,(H,37,38). The van der Waals surface area contributed by atoms with Crippen molar-refractivity contribution in [2.75, 3.05) is 0 Å². The van der Waals surface area contributed by atoms with Crippen molar-refractivity contribution in [1.29, 1.82) is 0 Å². The van der Waals surface area contributed by atoms with E-state index in [2.05, 4.69) is 0 Å². The van der Waals surface area contributed by atoms with E-state index in [4.69, 9.17) is 0 Å². The van der Waals surface area contributed by atoms with E-state index in [1.165, 1.54) is 54.3 Å². The number of non-ortho nitro benzene ring substituents is 1. The average Bonchev–Trinajstić information content (AvgIpc) is 3.18. The Morgan fingerprint density at radius 3 is 2.25 bits per heavy atom. The number of carbonyl (C=O) groups excluding carboxylic acids is 2. The van der Waals surface area contributed by atoms with Crippen molar-refractivity contribution in [2.24, 2.45) is 11.8 Å². The van der Waals surface area contributed by atoms with Gasteiger partial charge in [-0.15, -0.1) is 0 Å². The minimum Gasteiger partial charge on any atom is -0.479 e. The maximum atomic E-state index is 14.4. The number of likely N-dealkylation sites (tertiary alicyclic amines) is 1. The van der Waals surface area contributed by atoms with Gasteiger partial charge in [0, 0.05) is 29.5 Å². The third-order valence-corrected chi connectivity index (χ3v) is 8.47. The summed E-state index contributed by atoms with van der Waals surface area (Å²) in [5.74, 6) is -5.26. The molecule has 2 fully saturated rings. The second kappa shape index (κ2) is 10.3. The summed E-state index contributed by atoms with van der Waals surface area (Å²) in [5.41, 5.74) is -0.320. The average molecular weight is 545 g/mol. The van der Waals surface area contributed by atoms with Gasteiger partial charge in [-0.05, 0) is 56.0 Å². The molecule has 1 saturated carbocycles. The van der Waals surface area contributed by atoms with Crippen LogP contribution in [0.1, 0.15) is 65.2 Å². The Labute approximate surface area is 230 Å². The lowest BCUT2D eigenvalue weighted by molar-refractivity contribution is -0.385. The van der Waals surface area contributed by atoms with Crippen molar-refractivity contribution in [3.63, 3.8) is 0 Å². The second-order valence-corrected chi connectivity index (χ2v) is 10.9.